The second-order valence-electron chi connectivity index (χ2n) is 3.71. The summed E-state index contributed by atoms with van der Waals surface area (Å²) in [4.78, 5) is 23.6. The highest BCUT2D eigenvalue weighted by atomic mass is 16.5. The van der Waals surface area contributed by atoms with Crippen LogP contribution in [-0.4, -0.2) is 18.5 Å². The van der Waals surface area contributed by atoms with E-state index in [9.17, 15) is 9.59 Å². The first-order chi connectivity index (χ1) is 9.72. The number of esters is 1. The molecule has 100 valence electrons. The number of carbonyl (C=O) groups is 2. The zero-order chi connectivity index (χ0) is 14.4. The zero-order valence-corrected chi connectivity index (χ0v) is 10.3. The van der Waals surface area contributed by atoms with Gasteiger partial charge in [-0.1, -0.05) is 12.1 Å². The van der Waals surface area contributed by atoms with E-state index < -0.39 is 11.9 Å². The first kappa shape index (κ1) is 13.4. The van der Waals surface area contributed by atoms with Crippen LogP contribution in [0.1, 0.15) is 20.9 Å². The fourth-order valence-electron chi connectivity index (χ4n) is 1.54. The van der Waals surface area contributed by atoms with Crippen LogP contribution in [0.4, 0.5) is 5.69 Å². The Hall–Kier alpha value is -3.07. The van der Waals surface area contributed by atoms with Crippen LogP contribution in [0.25, 0.3) is 0 Å². The highest BCUT2D eigenvalue weighted by Crippen LogP contribution is 2.17. The standard InChI is InChI=1S/C14H10N2O4/c15-7-9-20-14(18)10-4-1-2-5-11(10)16-13(17)12-6-3-8-19-12/h1-6,8H,9H2,(H,16,17). The van der Waals surface area contributed by atoms with Gasteiger partial charge in [-0.2, -0.15) is 5.26 Å². The first-order valence-corrected chi connectivity index (χ1v) is 5.70. The van der Waals surface area contributed by atoms with Crippen molar-refractivity contribution in [3.8, 4) is 6.07 Å². The Bertz CT molecular complexity index is 656. The molecule has 0 aliphatic carbocycles. The molecule has 0 aliphatic heterocycles. The van der Waals surface area contributed by atoms with E-state index >= 15 is 0 Å². The lowest BCUT2D eigenvalue weighted by atomic mass is 10.1. The van der Waals surface area contributed by atoms with Gasteiger partial charge in [0.2, 0.25) is 0 Å². The maximum absolute atomic E-state index is 11.9. The molecule has 0 aliphatic rings. The molecule has 0 bridgehead atoms. The third-order valence-corrected chi connectivity index (χ3v) is 2.41. The van der Waals surface area contributed by atoms with Crippen LogP contribution in [0, 0.1) is 11.3 Å². The minimum atomic E-state index is -0.679. The minimum Gasteiger partial charge on any atom is -0.459 e. The van der Waals surface area contributed by atoms with E-state index in [0.29, 0.717) is 0 Å². The zero-order valence-electron chi connectivity index (χ0n) is 10.3. The number of anilines is 1. The predicted octanol–water partition coefficient (Wildman–Crippen LogP) is 2.21. The summed E-state index contributed by atoms with van der Waals surface area (Å²) in [6.45, 7) is -0.348. The molecule has 1 aromatic carbocycles. The Morgan fingerprint density at radius 1 is 1.25 bits per heavy atom. The van der Waals surface area contributed by atoms with E-state index in [1.54, 1.807) is 30.3 Å². The molecule has 20 heavy (non-hydrogen) atoms. The summed E-state index contributed by atoms with van der Waals surface area (Å²) in [5.74, 6) is -1.03. The molecule has 0 fully saturated rings. The van der Waals surface area contributed by atoms with Gasteiger partial charge in [-0.3, -0.25) is 4.79 Å². The van der Waals surface area contributed by atoms with Crippen molar-refractivity contribution in [3.05, 3.63) is 54.0 Å². The Balaban J connectivity index is 2.18. The van der Waals surface area contributed by atoms with Crippen molar-refractivity contribution in [3.63, 3.8) is 0 Å². The van der Waals surface area contributed by atoms with Gasteiger partial charge >= 0.3 is 5.97 Å². The summed E-state index contributed by atoms with van der Waals surface area (Å²) in [6, 6.07) is 11.1. The smallest absolute Gasteiger partial charge is 0.341 e. The van der Waals surface area contributed by atoms with Gasteiger partial charge in [-0.05, 0) is 24.3 Å². The second-order valence-corrected chi connectivity index (χ2v) is 3.71. The monoisotopic (exact) mass is 270 g/mol. The summed E-state index contributed by atoms with van der Waals surface area (Å²) in [7, 11) is 0. The highest BCUT2D eigenvalue weighted by Gasteiger charge is 2.16. The van der Waals surface area contributed by atoms with Crippen molar-refractivity contribution in [1.29, 1.82) is 5.26 Å². The van der Waals surface area contributed by atoms with Crippen LogP contribution in [0.15, 0.2) is 47.1 Å². The number of carbonyl (C=O) groups excluding carboxylic acids is 2. The molecule has 0 saturated carbocycles. The van der Waals surface area contributed by atoms with Gasteiger partial charge in [0.1, 0.15) is 6.07 Å². The third kappa shape index (κ3) is 3.03. The Morgan fingerprint density at radius 2 is 2.05 bits per heavy atom. The highest BCUT2D eigenvalue weighted by molar-refractivity contribution is 6.06. The number of nitrogens with one attached hydrogen (secondary N) is 1. The Morgan fingerprint density at radius 3 is 2.75 bits per heavy atom. The predicted molar refractivity (Wildman–Crippen MR) is 69.0 cm³/mol. The van der Waals surface area contributed by atoms with Crippen molar-refractivity contribution < 1.29 is 18.7 Å². The number of furan rings is 1. The Labute approximate surface area is 114 Å². The molecule has 1 N–H and O–H groups in total. The molecule has 1 amide bonds. The molecular formula is C14H10N2O4. The number of para-hydroxylation sites is 1. The van der Waals surface area contributed by atoms with E-state index in [2.05, 4.69) is 5.32 Å². The lowest BCUT2D eigenvalue weighted by molar-refractivity contribution is 0.0556. The van der Waals surface area contributed by atoms with Gasteiger partial charge in [0.15, 0.2) is 12.4 Å². The van der Waals surface area contributed by atoms with Crippen LogP contribution in [0.5, 0.6) is 0 Å². The van der Waals surface area contributed by atoms with Gasteiger partial charge in [-0.25, -0.2) is 4.79 Å². The van der Waals surface area contributed by atoms with E-state index in [1.807, 2.05) is 0 Å². The maximum Gasteiger partial charge on any atom is 0.341 e. The molecule has 2 aromatic rings. The molecule has 0 atom stereocenters. The number of nitriles is 1. The number of hydrogen-bond acceptors (Lipinski definition) is 5. The summed E-state index contributed by atoms with van der Waals surface area (Å²) in [6.07, 6.45) is 1.38. The molecule has 6 nitrogen and oxygen atoms in total. The van der Waals surface area contributed by atoms with E-state index in [-0.39, 0.29) is 23.6 Å². The van der Waals surface area contributed by atoms with Gasteiger partial charge in [-0.15, -0.1) is 0 Å². The number of ether oxygens (including phenoxy) is 1. The SMILES string of the molecule is N#CCOC(=O)c1ccccc1NC(=O)c1ccco1. The topological polar surface area (TPSA) is 92.3 Å². The molecule has 1 aromatic heterocycles. The van der Waals surface area contributed by atoms with Crippen molar-refractivity contribution in [1.82, 2.24) is 0 Å². The van der Waals surface area contributed by atoms with E-state index in [4.69, 9.17) is 14.4 Å². The van der Waals surface area contributed by atoms with Gasteiger partial charge in [0.25, 0.3) is 5.91 Å². The maximum atomic E-state index is 11.9. The van der Waals surface area contributed by atoms with Gasteiger partial charge < -0.3 is 14.5 Å². The number of hydrogen-bond donors (Lipinski definition) is 1. The molecule has 0 spiro atoms. The number of benzene rings is 1. The van der Waals surface area contributed by atoms with Gasteiger partial charge in [0, 0.05) is 0 Å². The van der Waals surface area contributed by atoms with Crippen LogP contribution in [-0.2, 0) is 4.74 Å². The molecule has 0 radical (unpaired) electrons. The number of nitrogens with zero attached hydrogens (tertiary/aromatic N) is 1. The molecule has 0 unspecified atom stereocenters. The van der Waals surface area contributed by atoms with Crippen LogP contribution >= 0.6 is 0 Å². The summed E-state index contributed by atoms with van der Waals surface area (Å²) >= 11 is 0. The third-order valence-electron chi connectivity index (χ3n) is 2.41. The lowest BCUT2D eigenvalue weighted by Gasteiger charge is -2.08. The van der Waals surface area contributed by atoms with Crippen molar-refractivity contribution in [2.45, 2.75) is 0 Å². The summed E-state index contributed by atoms with van der Waals surface area (Å²) < 4.78 is 9.68. The quantitative estimate of drug-likeness (QED) is 0.860. The van der Waals surface area contributed by atoms with Crippen LogP contribution < -0.4 is 5.32 Å². The minimum absolute atomic E-state index is 0.130. The van der Waals surface area contributed by atoms with Crippen molar-refractivity contribution in [2.24, 2.45) is 0 Å². The van der Waals surface area contributed by atoms with E-state index in [1.165, 1.54) is 18.4 Å². The van der Waals surface area contributed by atoms with Crippen LogP contribution in [0.2, 0.25) is 0 Å². The summed E-state index contributed by atoms with van der Waals surface area (Å²) in [5, 5.41) is 10.9. The number of amides is 1. The molecule has 6 heteroatoms. The number of rotatable bonds is 4. The average molecular weight is 270 g/mol. The second kappa shape index (κ2) is 6.20. The fourth-order valence-corrected chi connectivity index (χ4v) is 1.54. The molecule has 2 rings (SSSR count). The Kier molecular flexibility index (Phi) is 4.14. The normalized spacial score (nSPS) is 9.55. The lowest BCUT2D eigenvalue weighted by Crippen LogP contribution is -2.15. The average Bonchev–Trinajstić information content (AvgIpc) is 2.99. The van der Waals surface area contributed by atoms with Crippen molar-refractivity contribution >= 4 is 17.6 Å². The molecular weight excluding hydrogens is 260 g/mol. The first-order valence-electron chi connectivity index (χ1n) is 5.70. The van der Waals surface area contributed by atoms with E-state index in [0.717, 1.165) is 0 Å². The largest absolute Gasteiger partial charge is 0.459 e. The molecule has 1 heterocycles. The fraction of sp³-hybridized carbons (Fsp3) is 0.0714. The van der Waals surface area contributed by atoms with Gasteiger partial charge in [0.05, 0.1) is 17.5 Å². The van der Waals surface area contributed by atoms with Crippen LogP contribution in [0.3, 0.4) is 0 Å². The summed E-state index contributed by atoms with van der Waals surface area (Å²) in [5.41, 5.74) is 0.458. The molecule has 0 saturated heterocycles. The van der Waals surface area contributed by atoms with Crippen molar-refractivity contribution in [2.75, 3.05) is 11.9 Å².